The van der Waals surface area contributed by atoms with E-state index in [9.17, 15) is 8.42 Å². The van der Waals surface area contributed by atoms with Gasteiger partial charge in [-0.2, -0.15) is 4.98 Å². The van der Waals surface area contributed by atoms with E-state index in [1.54, 1.807) is 0 Å². The van der Waals surface area contributed by atoms with Crippen molar-refractivity contribution < 1.29 is 12.9 Å². The Labute approximate surface area is 132 Å². The van der Waals surface area contributed by atoms with Crippen molar-refractivity contribution >= 4 is 21.2 Å². The molecule has 114 valence electrons. The lowest BCUT2D eigenvalue weighted by Gasteiger charge is -2.02. The summed E-state index contributed by atoms with van der Waals surface area (Å²) in [6.07, 6.45) is 0. The lowest BCUT2D eigenvalue weighted by molar-refractivity contribution is 0.425. The molecule has 0 radical (unpaired) electrons. The predicted molar refractivity (Wildman–Crippen MR) is 85.1 cm³/mol. The Morgan fingerprint density at radius 1 is 1.14 bits per heavy atom. The first-order valence-electron chi connectivity index (χ1n) is 6.64. The Hall–Kier alpha value is -1.99. The topological polar surface area (TPSA) is 73.1 Å². The van der Waals surface area contributed by atoms with Crippen molar-refractivity contribution in [2.24, 2.45) is 0 Å². The van der Waals surface area contributed by atoms with Crippen LogP contribution < -0.4 is 0 Å². The summed E-state index contributed by atoms with van der Waals surface area (Å²) < 4.78 is 29.6. The van der Waals surface area contributed by atoms with Crippen LogP contribution in [0.5, 0.6) is 0 Å². The van der Waals surface area contributed by atoms with Crippen molar-refractivity contribution in [2.75, 3.05) is 0 Å². The number of hydrogen-bond acceptors (Lipinski definition) is 6. The second-order valence-corrected chi connectivity index (χ2v) is 8.02. The third-order valence-corrected chi connectivity index (χ3v) is 5.39. The average molecular weight is 334 g/mol. The van der Waals surface area contributed by atoms with Crippen molar-refractivity contribution in [3.05, 3.63) is 58.7 Å². The minimum atomic E-state index is -3.34. The molecule has 22 heavy (non-hydrogen) atoms. The van der Waals surface area contributed by atoms with Gasteiger partial charge in [0.1, 0.15) is 5.75 Å². The first-order valence-corrected chi connectivity index (χ1v) is 9.34. The van der Waals surface area contributed by atoms with Crippen LogP contribution in [0, 0.1) is 6.92 Å². The lowest BCUT2D eigenvalue weighted by Crippen LogP contribution is -2.08. The summed E-state index contributed by atoms with van der Waals surface area (Å²) in [6, 6.07) is 11.2. The summed E-state index contributed by atoms with van der Waals surface area (Å²) in [5.41, 5.74) is 1.85. The van der Waals surface area contributed by atoms with E-state index in [1.807, 2.05) is 48.7 Å². The second-order valence-electron chi connectivity index (χ2n) is 5.01. The molecule has 0 unspecified atom stereocenters. The molecular weight excluding hydrogens is 320 g/mol. The van der Waals surface area contributed by atoms with Crippen molar-refractivity contribution in [3.8, 4) is 10.8 Å². The highest BCUT2D eigenvalue weighted by Gasteiger charge is 2.18. The zero-order valence-corrected chi connectivity index (χ0v) is 13.5. The molecule has 0 aliphatic carbocycles. The van der Waals surface area contributed by atoms with E-state index in [0.29, 0.717) is 5.89 Å². The Bertz CT molecular complexity index is 851. The van der Waals surface area contributed by atoms with E-state index >= 15 is 0 Å². The highest BCUT2D eigenvalue weighted by molar-refractivity contribution is 7.89. The zero-order valence-electron chi connectivity index (χ0n) is 11.9. The first kappa shape index (κ1) is 14.9. The van der Waals surface area contributed by atoms with Crippen LogP contribution in [0.1, 0.15) is 17.0 Å². The molecule has 0 bridgehead atoms. The van der Waals surface area contributed by atoms with Gasteiger partial charge in [-0.15, -0.1) is 11.3 Å². The molecule has 3 rings (SSSR count). The van der Waals surface area contributed by atoms with Crippen LogP contribution in [0.3, 0.4) is 0 Å². The Kier molecular flexibility index (Phi) is 4.08. The molecule has 0 saturated carbocycles. The first-order chi connectivity index (χ1) is 10.5. The fourth-order valence-corrected chi connectivity index (χ4v) is 3.96. The molecule has 0 aliphatic heterocycles. The number of benzene rings is 1. The molecule has 7 heteroatoms. The number of aryl methyl sites for hydroxylation is 1. The zero-order chi connectivity index (χ0) is 15.6. The van der Waals surface area contributed by atoms with E-state index in [1.165, 1.54) is 11.3 Å². The molecule has 2 heterocycles. The minimum absolute atomic E-state index is 0.0316. The van der Waals surface area contributed by atoms with Crippen LogP contribution in [0.15, 0.2) is 46.3 Å². The van der Waals surface area contributed by atoms with Gasteiger partial charge in [0.05, 0.1) is 10.6 Å². The van der Waals surface area contributed by atoms with Gasteiger partial charge in [0.2, 0.25) is 0 Å². The molecule has 5 nitrogen and oxygen atoms in total. The maximum Gasteiger partial charge on any atom is 0.268 e. The van der Waals surface area contributed by atoms with Gasteiger partial charge in [0.25, 0.3) is 5.89 Å². The van der Waals surface area contributed by atoms with Crippen molar-refractivity contribution in [3.63, 3.8) is 0 Å². The molecule has 0 amide bonds. The smallest absolute Gasteiger partial charge is 0.268 e. The molecule has 0 N–H and O–H groups in total. The van der Waals surface area contributed by atoms with E-state index in [2.05, 4.69) is 10.1 Å². The molecule has 0 fully saturated rings. The summed E-state index contributed by atoms with van der Waals surface area (Å²) in [7, 11) is -3.34. The molecule has 0 saturated heterocycles. The van der Waals surface area contributed by atoms with Crippen LogP contribution in [-0.4, -0.2) is 18.6 Å². The third-order valence-electron chi connectivity index (χ3n) is 3.06. The highest BCUT2D eigenvalue weighted by Crippen LogP contribution is 2.23. The normalized spacial score (nSPS) is 11.7. The van der Waals surface area contributed by atoms with Crippen molar-refractivity contribution in [2.45, 2.75) is 18.4 Å². The fourth-order valence-electron chi connectivity index (χ4n) is 2.00. The van der Waals surface area contributed by atoms with Gasteiger partial charge in [0, 0.05) is 0 Å². The molecule has 0 atom stereocenters. The van der Waals surface area contributed by atoms with E-state index in [4.69, 9.17) is 4.52 Å². The fraction of sp³-hybridized carbons (Fsp3) is 0.200. The van der Waals surface area contributed by atoms with Crippen LogP contribution in [0.4, 0.5) is 0 Å². The van der Waals surface area contributed by atoms with E-state index in [0.717, 1.165) is 16.0 Å². The van der Waals surface area contributed by atoms with Crippen molar-refractivity contribution in [1.82, 2.24) is 10.1 Å². The highest BCUT2D eigenvalue weighted by atomic mass is 32.2. The van der Waals surface area contributed by atoms with E-state index < -0.39 is 9.84 Å². The maximum atomic E-state index is 12.2. The largest absolute Gasteiger partial charge is 0.333 e. The number of aromatic nitrogens is 2. The molecule has 0 spiro atoms. The second kappa shape index (κ2) is 6.02. The Balaban J connectivity index is 1.73. The summed E-state index contributed by atoms with van der Waals surface area (Å²) >= 11 is 1.47. The minimum Gasteiger partial charge on any atom is -0.333 e. The number of sulfone groups is 1. The third kappa shape index (κ3) is 3.61. The number of nitrogens with zero attached hydrogens (tertiary/aromatic N) is 2. The van der Waals surface area contributed by atoms with Crippen molar-refractivity contribution in [1.29, 1.82) is 0 Å². The van der Waals surface area contributed by atoms with Gasteiger partial charge in [-0.05, 0) is 23.9 Å². The van der Waals surface area contributed by atoms with Gasteiger partial charge >= 0.3 is 0 Å². The van der Waals surface area contributed by atoms with Gasteiger partial charge in [-0.3, -0.25) is 0 Å². The number of rotatable bonds is 5. The SMILES string of the molecule is Cc1ccc(CS(=O)(=O)Cc2noc(-c3cccs3)n2)cc1. The van der Waals surface area contributed by atoms with Crippen LogP contribution in [0.25, 0.3) is 10.8 Å². The molecule has 1 aromatic carbocycles. The van der Waals surface area contributed by atoms with Gasteiger partial charge < -0.3 is 4.52 Å². The van der Waals surface area contributed by atoms with Gasteiger partial charge in [-0.1, -0.05) is 41.1 Å². The maximum absolute atomic E-state index is 12.2. The van der Waals surface area contributed by atoms with Crippen LogP contribution >= 0.6 is 11.3 Å². The Morgan fingerprint density at radius 3 is 2.59 bits per heavy atom. The number of thiophene rings is 1. The summed E-state index contributed by atoms with van der Waals surface area (Å²) in [6.45, 7) is 1.96. The average Bonchev–Trinajstić information content (AvgIpc) is 3.11. The predicted octanol–water partition coefficient (Wildman–Crippen LogP) is 3.22. The molecular formula is C15H14N2O3S2. The van der Waals surface area contributed by atoms with Gasteiger partial charge in [0.15, 0.2) is 15.7 Å². The van der Waals surface area contributed by atoms with Gasteiger partial charge in [-0.25, -0.2) is 8.42 Å². The number of hydrogen-bond donors (Lipinski definition) is 0. The van der Waals surface area contributed by atoms with Crippen LogP contribution in [-0.2, 0) is 21.3 Å². The monoisotopic (exact) mass is 334 g/mol. The summed E-state index contributed by atoms with van der Waals surface area (Å²) in [4.78, 5) is 4.98. The standard InChI is InChI=1S/C15H14N2O3S2/c1-11-4-6-12(7-5-11)9-22(18,19)10-14-16-15(20-17-14)13-3-2-8-21-13/h2-8H,9-10H2,1H3. The quantitative estimate of drug-likeness (QED) is 0.716. The van der Waals surface area contributed by atoms with Crippen LogP contribution in [0.2, 0.25) is 0 Å². The molecule has 2 aromatic heterocycles. The Morgan fingerprint density at radius 2 is 1.91 bits per heavy atom. The molecule has 3 aromatic rings. The van der Waals surface area contributed by atoms with E-state index in [-0.39, 0.29) is 17.3 Å². The summed E-state index contributed by atoms with van der Waals surface area (Å²) in [5.74, 6) is 0.289. The summed E-state index contributed by atoms with van der Waals surface area (Å²) in [5, 5.41) is 5.65. The molecule has 0 aliphatic rings. The lowest BCUT2D eigenvalue weighted by atomic mass is 10.2.